The molecule has 6 heteroatoms. The van der Waals surface area contributed by atoms with Crippen molar-refractivity contribution in [2.45, 2.75) is 24.8 Å². The van der Waals surface area contributed by atoms with Crippen molar-refractivity contribution in [3.8, 4) is 0 Å². The van der Waals surface area contributed by atoms with Gasteiger partial charge >= 0.3 is 0 Å². The van der Waals surface area contributed by atoms with Crippen LogP contribution in [0.15, 0.2) is 5.03 Å². The molecule has 2 heterocycles. The Balaban J connectivity index is 1.92. The summed E-state index contributed by atoms with van der Waals surface area (Å²) >= 11 is 12.5. The number of H-pyrrole nitrogens is 1. The van der Waals surface area contributed by atoms with Crippen molar-refractivity contribution in [3.05, 3.63) is 27.5 Å². The summed E-state index contributed by atoms with van der Waals surface area (Å²) in [5.74, 6) is 0.0152. The van der Waals surface area contributed by atoms with Crippen molar-refractivity contribution in [1.82, 2.24) is 9.88 Å². The van der Waals surface area contributed by atoms with E-state index in [-0.39, 0.29) is 17.9 Å². The molecule has 0 radical (unpaired) electrons. The molecule has 20 heavy (non-hydrogen) atoms. The number of aromatic nitrogens is 1. The Morgan fingerprint density at radius 3 is 3.15 bits per heavy atom. The lowest BCUT2D eigenvalue weighted by Gasteiger charge is -2.27. The molecule has 2 aliphatic rings. The number of hydrogen-bond acceptors (Lipinski definition) is 2. The van der Waals surface area contributed by atoms with Gasteiger partial charge in [-0.1, -0.05) is 11.6 Å². The molecule has 1 atom stereocenters. The lowest BCUT2D eigenvalue weighted by atomic mass is 9.97. The maximum Gasteiger partial charge on any atom is 0.248 e. The maximum absolute atomic E-state index is 11.9. The van der Waals surface area contributed by atoms with Crippen LogP contribution in [0.25, 0.3) is 6.08 Å². The number of rotatable bonds is 2. The fraction of sp³-hybridized carbons (Fsp3) is 0.500. The summed E-state index contributed by atoms with van der Waals surface area (Å²) in [7, 11) is 1.53. The predicted molar refractivity (Wildman–Crippen MR) is 78.8 cm³/mol. The lowest BCUT2D eigenvalue weighted by molar-refractivity contribution is -0.136. The van der Waals surface area contributed by atoms with E-state index < -0.39 is 0 Å². The van der Waals surface area contributed by atoms with Gasteiger partial charge in [-0.25, -0.2) is 0 Å². The number of carbonyl (C=O) groups is 1. The van der Waals surface area contributed by atoms with Crippen LogP contribution in [0, 0.1) is 0 Å². The van der Waals surface area contributed by atoms with E-state index in [1.54, 1.807) is 0 Å². The van der Waals surface area contributed by atoms with E-state index in [0.29, 0.717) is 19.5 Å². The molecule has 1 aliphatic carbocycles. The summed E-state index contributed by atoms with van der Waals surface area (Å²) in [4.78, 5) is 17.2. The van der Waals surface area contributed by atoms with Gasteiger partial charge in [-0.05, 0) is 11.6 Å². The molecule has 1 aliphatic heterocycles. The molecule has 0 saturated heterocycles. The first kappa shape index (κ1) is 14.0. The topological polar surface area (TPSA) is 45.3 Å². The van der Waals surface area contributed by atoms with E-state index in [4.69, 9.17) is 27.9 Å². The van der Waals surface area contributed by atoms with Crippen LogP contribution in [-0.2, 0) is 22.5 Å². The Morgan fingerprint density at radius 1 is 1.60 bits per heavy atom. The number of halogens is 2. The van der Waals surface area contributed by atoms with E-state index in [0.717, 1.165) is 28.3 Å². The number of methoxy groups -OCH3 is 1. The predicted octanol–water partition coefficient (Wildman–Crippen LogP) is 2.81. The zero-order chi connectivity index (χ0) is 14.3. The molecule has 1 N–H and O–H groups in total. The number of carbonyl (C=O) groups excluding carboxylic acids is 1. The molecule has 1 aromatic heterocycles. The minimum absolute atomic E-state index is 0.0152. The number of aromatic amines is 1. The maximum atomic E-state index is 11.9. The number of allylic oxidation sites excluding steroid dienone is 1. The minimum atomic E-state index is -0.115. The first-order chi connectivity index (χ1) is 9.60. The van der Waals surface area contributed by atoms with Crippen molar-refractivity contribution in [2.24, 2.45) is 0 Å². The van der Waals surface area contributed by atoms with Crippen LogP contribution in [0.1, 0.15) is 34.3 Å². The summed E-state index contributed by atoms with van der Waals surface area (Å²) in [6.45, 7) is 1.42. The first-order valence-corrected chi connectivity index (χ1v) is 7.42. The zero-order valence-corrected chi connectivity index (χ0v) is 12.7. The Morgan fingerprint density at radius 2 is 2.40 bits per heavy atom. The highest BCUT2D eigenvalue weighted by Gasteiger charge is 2.30. The highest BCUT2D eigenvalue weighted by atomic mass is 35.5. The summed E-state index contributed by atoms with van der Waals surface area (Å²) in [6.07, 6.45) is 3.43. The summed E-state index contributed by atoms with van der Waals surface area (Å²) in [5.41, 5.74) is 4.40. The van der Waals surface area contributed by atoms with Crippen molar-refractivity contribution in [1.29, 1.82) is 0 Å². The third-order valence-electron chi connectivity index (χ3n) is 3.85. The number of hydrogen-bond donors (Lipinski definition) is 1. The SMILES string of the molecule is COCC(=O)N1CCc2[nH]c3c(c2C1)C=C(Cl)CC3Cl. The molecular formula is C14H16Cl2N2O2. The molecule has 3 rings (SSSR count). The van der Waals surface area contributed by atoms with Crippen molar-refractivity contribution < 1.29 is 9.53 Å². The summed E-state index contributed by atoms with van der Waals surface area (Å²) in [6, 6.07) is 0. The molecule has 1 amide bonds. The van der Waals surface area contributed by atoms with Gasteiger partial charge in [0.15, 0.2) is 0 Å². The van der Waals surface area contributed by atoms with Gasteiger partial charge in [0.2, 0.25) is 5.91 Å². The van der Waals surface area contributed by atoms with Crippen molar-refractivity contribution in [3.63, 3.8) is 0 Å². The van der Waals surface area contributed by atoms with Crippen LogP contribution in [0.5, 0.6) is 0 Å². The van der Waals surface area contributed by atoms with Gasteiger partial charge in [-0.3, -0.25) is 4.79 Å². The summed E-state index contributed by atoms with van der Waals surface area (Å²) in [5, 5.41) is 0.649. The second-order valence-electron chi connectivity index (χ2n) is 5.17. The molecule has 1 aromatic rings. The largest absolute Gasteiger partial charge is 0.375 e. The Bertz CT molecular complexity index is 580. The van der Waals surface area contributed by atoms with Crippen LogP contribution >= 0.6 is 23.2 Å². The van der Waals surface area contributed by atoms with E-state index in [1.807, 2.05) is 11.0 Å². The second kappa shape index (κ2) is 5.43. The number of alkyl halides is 1. The number of ether oxygens (including phenoxy) is 1. The molecule has 4 nitrogen and oxygen atoms in total. The second-order valence-corrected chi connectivity index (χ2v) is 6.18. The van der Waals surface area contributed by atoms with Gasteiger partial charge in [0.05, 0.1) is 5.38 Å². The molecule has 0 bridgehead atoms. The average Bonchev–Trinajstić information content (AvgIpc) is 2.77. The quantitative estimate of drug-likeness (QED) is 0.853. The van der Waals surface area contributed by atoms with Crippen molar-refractivity contribution >= 4 is 35.2 Å². The Hall–Kier alpha value is -0.970. The molecule has 0 saturated carbocycles. The normalized spacial score (nSPS) is 21.2. The third-order valence-corrected chi connectivity index (χ3v) is 4.49. The highest BCUT2D eigenvalue weighted by molar-refractivity contribution is 6.33. The van der Waals surface area contributed by atoms with Crippen LogP contribution < -0.4 is 0 Å². The molecule has 1 unspecified atom stereocenters. The lowest BCUT2D eigenvalue weighted by Crippen LogP contribution is -2.38. The molecular weight excluding hydrogens is 299 g/mol. The van der Waals surface area contributed by atoms with Crippen LogP contribution in [0.2, 0.25) is 0 Å². The average molecular weight is 315 g/mol. The third kappa shape index (κ3) is 2.36. The molecule has 0 fully saturated rings. The molecule has 108 valence electrons. The Kier molecular flexibility index (Phi) is 3.80. The van der Waals surface area contributed by atoms with Crippen LogP contribution in [-0.4, -0.2) is 36.1 Å². The van der Waals surface area contributed by atoms with Crippen molar-refractivity contribution in [2.75, 3.05) is 20.3 Å². The van der Waals surface area contributed by atoms with E-state index in [2.05, 4.69) is 4.98 Å². The number of nitrogens with one attached hydrogen (secondary N) is 1. The number of nitrogens with zero attached hydrogens (tertiary/aromatic N) is 1. The summed E-state index contributed by atoms with van der Waals surface area (Å²) < 4.78 is 4.92. The monoisotopic (exact) mass is 314 g/mol. The standard InChI is InChI=1S/C14H16Cl2N2O2/c1-20-7-13(19)18-3-2-12-10(6-18)9-4-8(15)5-11(16)14(9)17-12/h4,11,17H,2-3,5-7H2,1H3. The number of fused-ring (bicyclic) bond motifs is 3. The van der Waals surface area contributed by atoms with E-state index >= 15 is 0 Å². The van der Waals surface area contributed by atoms with Gasteiger partial charge in [-0.2, -0.15) is 0 Å². The van der Waals surface area contributed by atoms with Gasteiger partial charge in [0, 0.05) is 55.0 Å². The van der Waals surface area contributed by atoms with Gasteiger partial charge in [0.1, 0.15) is 6.61 Å². The van der Waals surface area contributed by atoms with E-state index in [1.165, 1.54) is 12.8 Å². The van der Waals surface area contributed by atoms with E-state index in [9.17, 15) is 4.79 Å². The Labute approximate surface area is 127 Å². The zero-order valence-electron chi connectivity index (χ0n) is 11.2. The molecule has 0 spiro atoms. The number of amides is 1. The fourth-order valence-electron chi connectivity index (χ4n) is 2.87. The van der Waals surface area contributed by atoms with Gasteiger partial charge < -0.3 is 14.6 Å². The van der Waals surface area contributed by atoms with Gasteiger partial charge in [0.25, 0.3) is 0 Å². The first-order valence-electron chi connectivity index (χ1n) is 6.60. The van der Waals surface area contributed by atoms with Crippen LogP contribution in [0.4, 0.5) is 0 Å². The van der Waals surface area contributed by atoms with Gasteiger partial charge in [-0.15, -0.1) is 11.6 Å². The smallest absolute Gasteiger partial charge is 0.248 e. The fourth-order valence-corrected chi connectivity index (χ4v) is 3.55. The minimum Gasteiger partial charge on any atom is -0.375 e. The highest BCUT2D eigenvalue weighted by Crippen LogP contribution is 2.41. The van der Waals surface area contributed by atoms with Crippen LogP contribution in [0.3, 0.4) is 0 Å². The molecule has 0 aromatic carbocycles.